The number of esters is 1. The lowest BCUT2D eigenvalue weighted by Gasteiger charge is -2.11. The quantitative estimate of drug-likeness (QED) is 0.370. The average Bonchev–Trinajstić information content (AvgIpc) is 3.16. The van der Waals surface area contributed by atoms with Crippen LogP contribution < -0.4 is 5.43 Å². The van der Waals surface area contributed by atoms with Crippen molar-refractivity contribution >= 4 is 29.7 Å². The summed E-state index contributed by atoms with van der Waals surface area (Å²) in [5.74, 6) is -0.0322. The van der Waals surface area contributed by atoms with E-state index < -0.39 is 5.97 Å². The minimum Gasteiger partial charge on any atom is -0.459 e. The van der Waals surface area contributed by atoms with Gasteiger partial charge >= 0.3 is 5.97 Å². The van der Waals surface area contributed by atoms with Gasteiger partial charge in [-0.1, -0.05) is 11.6 Å². The maximum atomic E-state index is 12.4. The smallest absolute Gasteiger partial charge is 0.339 e. The molecule has 0 radical (unpaired) electrons. The van der Waals surface area contributed by atoms with Crippen molar-refractivity contribution in [3.8, 4) is 11.3 Å². The van der Waals surface area contributed by atoms with Crippen LogP contribution in [-0.4, -0.2) is 29.2 Å². The predicted molar refractivity (Wildman–Crippen MR) is 109 cm³/mol. The molecule has 29 heavy (non-hydrogen) atoms. The number of hydrazone groups is 1. The fraction of sp³-hybridized carbons (Fsp3) is 0.143. The first kappa shape index (κ1) is 20.3. The molecule has 0 aliphatic carbocycles. The predicted octanol–water partition coefficient (Wildman–Crippen LogP) is 4.32. The number of pyridine rings is 1. The van der Waals surface area contributed by atoms with Gasteiger partial charge in [-0.3, -0.25) is 9.78 Å². The Morgan fingerprint density at radius 1 is 1.17 bits per heavy atom. The van der Waals surface area contributed by atoms with E-state index in [9.17, 15) is 9.59 Å². The van der Waals surface area contributed by atoms with Crippen molar-refractivity contribution in [1.29, 1.82) is 0 Å². The fourth-order valence-corrected chi connectivity index (χ4v) is 2.64. The molecule has 0 spiro atoms. The molecule has 0 atom stereocenters. The van der Waals surface area contributed by atoms with E-state index in [2.05, 4.69) is 15.5 Å². The van der Waals surface area contributed by atoms with Crippen LogP contribution in [0.25, 0.3) is 11.3 Å². The normalized spacial score (nSPS) is 11.0. The maximum Gasteiger partial charge on any atom is 0.339 e. The van der Waals surface area contributed by atoms with Gasteiger partial charge in [0.1, 0.15) is 11.5 Å². The van der Waals surface area contributed by atoms with Gasteiger partial charge in [-0.25, -0.2) is 10.2 Å². The van der Waals surface area contributed by atoms with E-state index in [-0.39, 0.29) is 12.0 Å². The Morgan fingerprint density at radius 3 is 2.66 bits per heavy atom. The molecule has 2 aromatic heterocycles. The zero-order valence-electron chi connectivity index (χ0n) is 15.8. The number of rotatable bonds is 6. The lowest BCUT2D eigenvalue weighted by atomic mass is 10.1. The Balaban J connectivity index is 1.77. The summed E-state index contributed by atoms with van der Waals surface area (Å²) in [4.78, 5) is 28.2. The van der Waals surface area contributed by atoms with Crippen molar-refractivity contribution in [2.24, 2.45) is 5.10 Å². The van der Waals surface area contributed by atoms with Crippen LogP contribution in [0.5, 0.6) is 0 Å². The molecule has 0 saturated heterocycles. The highest BCUT2D eigenvalue weighted by Gasteiger charge is 2.18. The number of ether oxygens (including phenoxy) is 1. The van der Waals surface area contributed by atoms with E-state index in [0.717, 1.165) is 0 Å². The monoisotopic (exact) mass is 411 g/mol. The number of furan rings is 1. The zero-order valence-corrected chi connectivity index (χ0v) is 16.5. The molecule has 0 aliphatic rings. The third kappa shape index (κ3) is 5.30. The van der Waals surface area contributed by atoms with Crippen molar-refractivity contribution in [3.63, 3.8) is 0 Å². The van der Waals surface area contributed by atoms with E-state index in [1.54, 1.807) is 56.3 Å². The summed E-state index contributed by atoms with van der Waals surface area (Å²) in [5, 5.41) is 4.34. The van der Waals surface area contributed by atoms with Crippen LogP contribution in [0.3, 0.4) is 0 Å². The highest BCUT2D eigenvalue weighted by atomic mass is 35.5. The zero-order chi connectivity index (χ0) is 20.8. The van der Waals surface area contributed by atoms with E-state index in [0.29, 0.717) is 33.2 Å². The molecule has 0 aliphatic heterocycles. The van der Waals surface area contributed by atoms with Crippen LogP contribution in [-0.2, 0) is 4.74 Å². The summed E-state index contributed by atoms with van der Waals surface area (Å²) in [6, 6.07) is 11.3. The van der Waals surface area contributed by atoms with E-state index in [1.165, 1.54) is 18.6 Å². The van der Waals surface area contributed by atoms with Gasteiger partial charge in [-0.2, -0.15) is 5.10 Å². The van der Waals surface area contributed by atoms with Crippen LogP contribution in [0, 0.1) is 0 Å². The van der Waals surface area contributed by atoms with Gasteiger partial charge in [0.2, 0.25) is 0 Å². The van der Waals surface area contributed by atoms with Gasteiger partial charge in [0.15, 0.2) is 0 Å². The number of carbonyl (C=O) groups is 2. The Bertz CT molecular complexity index is 1050. The largest absolute Gasteiger partial charge is 0.459 e. The summed E-state index contributed by atoms with van der Waals surface area (Å²) in [7, 11) is 0. The van der Waals surface area contributed by atoms with Crippen LogP contribution in [0.4, 0.5) is 0 Å². The van der Waals surface area contributed by atoms with E-state index in [1.807, 2.05) is 0 Å². The Labute approximate surface area is 172 Å². The third-order valence-corrected chi connectivity index (χ3v) is 3.97. The first-order valence-electron chi connectivity index (χ1n) is 8.78. The molecule has 0 fully saturated rings. The average molecular weight is 412 g/mol. The molecule has 1 N–H and O–H groups in total. The number of hydrogen-bond acceptors (Lipinski definition) is 6. The van der Waals surface area contributed by atoms with Crippen molar-refractivity contribution in [2.75, 3.05) is 0 Å². The van der Waals surface area contributed by atoms with Crippen LogP contribution in [0.15, 0.2) is 64.4 Å². The van der Waals surface area contributed by atoms with Crippen LogP contribution in [0.1, 0.15) is 40.3 Å². The third-order valence-electron chi connectivity index (χ3n) is 3.74. The number of hydrogen-bond donors (Lipinski definition) is 1. The molecule has 148 valence electrons. The van der Waals surface area contributed by atoms with Gasteiger partial charge in [0.25, 0.3) is 5.91 Å². The standard InChI is InChI=1S/C21H18ClN3O4/c1-13(2)28-21(27)17-5-3-15(22)11-18(17)19-6-4-16(29-19)12-24-25-20(26)14-7-9-23-10-8-14/h3-13H,1-2H3,(H,25,26)/b24-12-. The molecular weight excluding hydrogens is 394 g/mol. The second kappa shape index (κ2) is 9.16. The first-order chi connectivity index (χ1) is 13.9. The number of nitrogens with zero attached hydrogens (tertiary/aromatic N) is 2. The molecule has 7 nitrogen and oxygen atoms in total. The topological polar surface area (TPSA) is 93.8 Å². The van der Waals surface area contributed by atoms with Crippen LogP contribution in [0.2, 0.25) is 5.02 Å². The van der Waals surface area contributed by atoms with Crippen molar-refractivity contribution in [1.82, 2.24) is 10.4 Å². The highest BCUT2D eigenvalue weighted by molar-refractivity contribution is 6.31. The van der Waals surface area contributed by atoms with E-state index >= 15 is 0 Å². The molecule has 0 unspecified atom stereocenters. The molecule has 3 aromatic rings. The molecular formula is C21H18ClN3O4. The second-order valence-electron chi connectivity index (χ2n) is 6.28. The summed E-state index contributed by atoms with van der Waals surface area (Å²) >= 11 is 6.09. The lowest BCUT2D eigenvalue weighted by Crippen LogP contribution is -2.17. The number of aromatic nitrogens is 1. The molecule has 1 aromatic carbocycles. The molecule has 8 heteroatoms. The van der Waals surface area contributed by atoms with Gasteiger partial charge in [-0.05, 0) is 56.3 Å². The summed E-state index contributed by atoms with van der Waals surface area (Å²) in [6.07, 6.45) is 4.14. The summed E-state index contributed by atoms with van der Waals surface area (Å²) in [5.41, 5.74) is 3.68. The molecule has 0 bridgehead atoms. The number of benzene rings is 1. The SMILES string of the molecule is CC(C)OC(=O)c1ccc(Cl)cc1-c1ccc(/C=N\NC(=O)c2ccncc2)o1. The van der Waals surface area contributed by atoms with E-state index in [4.69, 9.17) is 20.8 Å². The highest BCUT2D eigenvalue weighted by Crippen LogP contribution is 2.29. The van der Waals surface area contributed by atoms with Crippen LogP contribution >= 0.6 is 11.6 Å². The molecule has 0 saturated carbocycles. The Kier molecular flexibility index (Phi) is 6.41. The number of amides is 1. The van der Waals surface area contributed by atoms with Crippen molar-refractivity contribution in [3.05, 3.63) is 76.8 Å². The van der Waals surface area contributed by atoms with Gasteiger partial charge in [0.05, 0.1) is 17.9 Å². The summed E-state index contributed by atoms with van der Waals surface area (Å²) < 4.78 is 11.0. The number of halogens is 1. The Hall–Kier alpha value is -3.45. The molecule has 1 amide bonds. The maximum absolute atomic E-state index is 12.4. The number of nitrogens with one attached hydrogen (secondary N) is 1. The van der Waals surface area contributed by atoms with Gasteiger partial charge in [-0.15, -0.1) is 0 Å². The van der Waals surface area contributed by atoms with Crippen molar-refractivity contribution in [2.45, 2.75) is 20.0 Å². The first-order valence-corrected chi connectivity index (χ1v) is 9.16. The number of carbonyl (C=O) groups excluding carboxylic acids is 2. The minimum absolute atomic E-state index is 0.255. The molecule has 3 rings (SSSR count). The lowest BCUT2D eigenvalue weighted by molar-refractivity contribution is 0.0378. The van der Waals surface area contributed by atoms with Gasteiger partial charge < -0.3 is 9.15 Å². The summed E-state index contributed by atoms with van der Waals surface area (Å²) in [6.45, 7) is 3.55. The fourth-order valence-electron chi connectivity index (χ4n) is 2.47. The minimum atomic E-state index is -0.470. The van der Waals surface area contributed by atoms with Gasteiger partial charge in [0, 0.05) is 28.5 Å². The Morgan fingerprint density at radius 2 is 1.93 bits per heavy atom. The van der Waals surface area contributed by atoms with Crippen molar-refractivity contribution < 1.29 is 18.7 Å². The second-order valence-corrected chi connectivity index (χ2v) is 6.72. The molecule has 2 heterocycles.